The van der Waals surface area contributed by atoms with Gasteiger partial charge in [0.1, 0.15) is 12.4 Å². The summed E-state index contributed by atoms with van der Waals surface area (Å²) in [5.74, 6) is 6.89. The van der Waals surface area contributed by atoms with Gasteiger partial charge < -0.3 is 10.5 Å². The predicted octanol–water partition coefficient (Wildman–Crippen LogP) is 3.25. The molecule has 0 amide bonds. The standard InChI is InChI=1S/C16H17NOS/c1-12-5-3-7-15(13(12)2)18-11-16-14(6-4-9-17)8-10-19-16/h3,5,7-8,10H,9,11,17H2,1-2H3. The van der Waals surface area contributed by atoms with E-state index in [4.69, 9.17) is 10.5 Å². The van der Waals surface area contributed by atoms with E-state index in [2.05, 4.69) is 31.8 Å². The minimum absolute atomic E-state index is 0.382. The Hall–Kier alpha value is -1.76. The largest absolute Gasteiger partial charge is 0.488 e. The number of hydrogen-bond acceptors (Lipinski definition) is 3. The molecular weight excluding hydrogens is 254 g/mol. The molecular formula is C16H17NOS. The van der Waals surface area contributed by atoms with Crippen LogP contribution in [0.2, 0.25) is 0 Å². The molecule has 0 radical (unpaired) electrons. The molecule has 2 rings (SSSR count). The van der Waals surface area contributed by atoms with Crippen molar-refractivity contribution >= 4 is 11.3 Å². The summed E-state index contributed by atoms with van der Waals surface area (Å²) in [6, 6.07) is 8.11. The van der Waals surface area contributed by atoms with Crippen LogP contribution in [0.3, 0.4) is 0 Å². The maximum Gasteiger partial charge on any atom is 0.124 e. The topological polar surface area (TPSA) is 35.2 Å². The van der Waals surface area contributed by atoms with Crippen molar-refractivity contribution < 1.29 is 4.74 Å². The van der Waals surface area contributed by atoms with Crippen molar-refractivity contribution in [3.63, 3.8) is 0 Å². The van der Waals surface area contributed by atoms with Crippen LogP contribution in [0.25, 0.3) is 0 Å². The lowest BCUT2D eigenvalue weighted by atomic mass is 10.1. The summed E-state index contributed by atoms with van der Waals surface area (Å²) in [4.78, 5) is 1.14. The third-order valence-electron chi connectivity index (χ3n) is 2.98. The maximum atomic E-state index is 5.89. The zero-order chi connectivity index (χ0) is 13.7. The van der Waals surface area contributed by atoms with Crippen LogP contribution in [0.4, 0.5) is 0 Å². The van der Waals surface area contributed by atoms with Gasteiger partial charge in [-0.2, -0.15) is 0 Å². The van der Waals surface area contributed by atoms with Gasteiger partial charge >= 0.3 is 0 Å². The van der Waals surface area contributed by atoms with Gasteiger partial charge in [0.25, 0.3) is 0 Å². The first kappa shape index (κ1) is 13.7. The molecule has 1 heterocycles. The molecule has 0 saturated heterocycles. The summed E-state index contributed by atoms with van der Waals surface area (Å²) in [7, 11) is 0. The van der Waals surface area contributed by atoms with Crippen molar-refractivity contribution in [2.45, 2.75) is 20.5 Å². The molecule has 0 bridgehead atoms. The number of thiophene rings is 1. The van der Waals surface area contributed by atoms with E-state index < -0.39 is 0 Å². The molecule has 0 aliphatic rings. The van der Waals surface area contributed by atoms with E-state index in [0.29, 0.717) is 13.2 Å². The molecule has 0 aliphatic carbocycles. The third-order valence-corrected chi connectivity index (χ3v) is 3.88. The SMILES string of the molecule is Cc1cccc(OCc2sccc2C#CCN)c1C. The van der Waals surface area contributed by atoms with Crippen LogP contribution in [0.15, 0.2) is 29.6 Å². The van der Waals surface area contributed by atoms with Crippen LogP contribution in [0.1, 0.15) is 21.6 Å². The van der Waals surface area contributed by atoms with E-state index in [1.807, 2.05) is 23.6 Å². The molecule has 3 heteroatoms. The van der Waals surface area contributed by atoms with Crippen LogP contribution in [0, 0.1) is 25.7 Å². The van der Waals surface area contributed by atoms with Crippen molar-refractivity contribution in [2.24, 2.45) is 5.73 Å². The zero-order valence-electron chi connectivity index (χ0n) is 11.2. The Kier molecular flexibility index (Phi) is 4.62. The first-order valence-corrected chi connectivity index (χ1v) is 7.04. The maximum absolute atomic E-state index is 5.89. The highest BCUT2D eigenvalue weighted by Crippen LogP contribution is 2.23. The van der Waals surface area contributed by atoms with Gasteiger partial charge in [0, 0.05) is 5.56 Å². The molecule has 19 heavy (non-hydrogen) atoms. The zero-order valence-corrected chi connectivity index (χ0v) is 12.0. The van der Waals surface area contributed by atoms with Crippen LogP contribution in [-0.4, -0.2) is 6.54 Å². The van der Waals surface area contributed by atoms with Gasteiger partial charge in [-0.05, 0) is 42.5 Å². The molecule has 0 aliphatic heterocycles. The third kappa shape index (κ3) is 3.37. The Balaban J connectivity index is 2.11. The molecule has 0 fully saturated rings. The molecule has 1 aromatic heterocycles. The first-order chi connectivity index (χ1) is 9.22. The second-order valence-corrected chi connectivity index (χ2v) is 5.25. The minimum atomic E-state index is 0.382. The Labute approximate surface area is 118 Å². The second-order valence-electron chi connectivity index (χ2n) is 4.25. The highest BCUT2D eigenvalue weighted by Gasteiger charge is 2.05. The lowest BCUT2D eigenvalue weighted by Gasteiger charge is -2.10. The number of nitrogens with two attached hydrogens (primary N) is 1. The average Bonchev–Trinajstić information content (AvgIpc) is 2.85. The van der Waals surface area contributed by atoms with Crippen LogP contribution in [-0.2, 0) is 6.61 Å². The molecule has 0 spiro atoms. The highest BCUT2D eigenvalue weighted by atomic mass is 32.1. The Morgan fingerprint density at radius 3 is 2.89 bits per heavy atom. The van der Waals surface area contributed by atoms with Gasteiger partial charge in [-0.15, -0.1) is 11.3 Å². The monoisotopic (exact) mass is 271 g/mol. The fourth-order valence-electron chi connectivity index (χ4n) is 1.73. The van der Waals surface area contributed by atoms with Crippen LogP contribution >= 0.6 is 11.3 Å². The van der Waals surface area contributed by atoms with Crippen molar-refractivity contribution in [1.29, 1.82) is 0 Å². The summed E-state index contributed by atoms with van der Waals surface area (Å²) >= 11 is 1.66. The summed E-state index contributed by atoms with van der Waals surface area (Å²) in [5.41, 5.74) is 8.84. The van der Waals surface area contributed by atoms with Crippen molar-refractivity contribution in [2.75, 3.05) is 6.54 Å². The van der Waals surface area contributed by atoms with E-state index in [-0.39, 0.29) is 0 Å². The second kappa shape index (κ2) is 6.42. The number of hydrogen-bond donors (Lipinski definition) is 1. The van der Waals surface area contributed by atoms with E-state index in [0.717, 1.165) is 16.2 Å². The summed E-state index contributed by atoms with van der Waals surface area (Å²) in [6.07, 6.45) is 0. The molecule has 2 nitrogen and oxygen atoms in total. The molecule has 0 saturated carbocycles. The molecule has 1 aromatic carbocycles. The summed E-state index contributed by atoms with van der Waals surface area (Å²) < 4.78 is 5.89. The Morgan fingerprint density at radius 1 is 1.26 bits per heavy atom. The minimum Gasteiger partial charge on any atom is -0.488 e. The van der Waals surface area contributed by atoms with Crippen LogP contribution in [0.5, 0.6) is 5.75 Å². The van der Waals surface area contributed by atoms with Gasteiger partial charge in [0.15, 0.2) is 0 Å². The molecule has 2 N–H and O–H groups in total. The van der Waals surface area contributed by atoms with Crippen LogP contribution < -0.4 is 10.5 Å². The van der Waals surface area contributed by atoms with Gasteiger partial charge in [0.05, 0.1) is 11.4 Å². The smallest absolute Gasteiger partial charge is 0.124 e. The average molecular weight is 271 g/mol. The van der Waals surface area contributed by atoms with E-state index in [9.17, 15) is 0 Å². The predicted molar refractivity (Wildman–Crippen MR) is 80.5 cm³/mol. The Bertz CT molecular complexity index is 619. The number of ether oxygens (including phenoxy) is 1. The summed E-state index contributed by atoms with van der Waals surface area (Å²) in [6.45, 7) is 5.10. The molecule has 0 atom stereocenters. The number of benzene rings is 1. The van der Waals surface area contributed by atoms with Gasteiger partial charge in [0.2, 0.25) is 0 Å². The molecule has 98 valence electrons. The lowest BCUT2D eigenvalue weighted by molar-refractivity contribution is 0.307. The first-order valence-electron chi connectivity index (χ1n) is 6.16. The highest BCUT2D eigenvalue weighted by molar-refractivity contribution is 7.10. The van der Waals surface area contributed by atoms with E-state index >= 15 is 0 Å². The van der Waals surface area contributed by atoms with Crippen molar-refractivity contribution in [1.82, 2.24) is 0 Å². The van der Waals surface area contributed by atoms with Gasteiger partial charge in [-0.3, -0.25) is 0 Å². The molecule has 2 aromatic rings. The normalized spacial score (nSPS) is 9.84. The van der Waals surface area contributed by atoms with E-state index in [1.165, 1.54) is 11.1 Å². The fourth-order valence-corrected chi connectivity index (χ4v) is 2.48. The van der Waals surface area contributed by atoms with Crippen molar-refractivity contribution in [3.8, 4) is 17.6 Å². The lowest BCUT2D eigenvalue weighted by Crippen LogP contribution is -1.98. The van der Waals surface area contributed by atoms with Gasteiger partial charge in [-0.25, -0.2) is 0 Å². The van der Waals surface area contributed by atoms with E-state index in [1.54, 1.807) is 11.3 Å². The van der Waals surface area contributed by atoms with Gasteiger partial charge in [-0.1, -0.05) is 24.0 Å². The summed E-state index contributed by atoms with van der Waals surface area (Å²) in [5, 5.41) is 2.03. The quantitative estimate of drug-likeness (QED) is 0.870. The fraction of sp³-hybridized carbons (Fsp3) is 0.250. The number of rotatable bonds is 3. The Morgan fingerprint density at radius 2 is 2.11 bits per heavy atom. The molecule has 0 unspecified atom stereocenters. The van der Waals surface area contributed by atoms with Crippen molar-refractivity contribution in [3.05, 3.63) is 51.2 Å². The number of aryl methyl sites for hydroxylation is 1.